The molecular formula is C16H16N4O2. The van der Waals surface area contributed by atoms with Crippen LogP contribution in [0.2, 0.25) is 0 Å². The molecule has 1 amide bonds. The number of nitrogens with zero attached hydrogens (tertiary/aromatic N) is 2. The molecule has 3 aromatic rings. The van der Waals surface area contributed by atoms with Gasteiger partial charge in [0, 0.05) is 29.2 Å². The average Bonchev–Trinajstić information content (AvgIpc) is 2.96. The van der Waals surface area contributed by atoms with Gasteiger partial charge in [-0.25, -0.2) is 0 Å². The van der Waals surface area contributed by atoms with E-state index >= 15 is 0 Å². The zero-order valence-electron chi connectivity index (χ0n) is 12.3. The lowest BCUT2D eigenvalue weighted by molar-refractivity contribution is 0.102. The zero-order valence-corrected chi connectivity index (χ0v) is 12.3. The van der Waals surface area contributed by atoms with Crippen LogP contribution in [-0.2, 0) is 0 Å². The number of H-pyrrole nitrogens is 1. The molecule has 3 rings (SSSR count). The molecule has 0 aliphatic carbocycles. The highest BCUT2D eigenvalue weighted by Crippen LogP contribution is 2.12. The van der Waals surface area contributed by atoms with E-state index in [0.717, 1.165) is 0 Å². The highest BCUT2D eigenvalue weighted by atomic mass is 16.2. The Kier molecular flexibility index (Phi) is 3.50. The summed E-state index contributed by atoms with van der Waals surface area (Å²) in [7, 11) is 0. The van der Waals surface area contributed by atoms with Crippen molar-refractivity contribution in [2.24, 2.45) is 0 Å². The van der Waals surface area contributed by atoms with Gasteiger partial charge >= 0.3 is 0 Å². The lowest BCUT2D eigenvalue weighted by Gasteiger charge is -2.05. The Bertz CT molecular complexity index is 892. The van der Waals surface area contributed by atoms with Gasteiger partial charge in [0.25, 0.3) is 5.91 Å². The maximum absolute atomic E-state index is 12.3. The summed E-state index contributed by atoms with van der Waals surface area (Å²) < 4.78 is 1.75. The minimum atomic E-state index is -0.369. The van der Waals surface area contributed by atoms with Crippen LogP contribution in [0.5, 0.6) is 0 Å². The molecule has 0 spiro atoms. The maximum atomic E-state index is 12.3. The number of carbonyl (C=O) groups is 1. The summed E-state index contributed by atoms with van der Waals surface area (Å²) >= 11 is 0. The summed E-state index contributed by atoms with van der Waals surface area (Å²) in [6.07, 6.45) is 3.33. The number of rotatable bonds is 3. The van der Waals surface area contributed by atoms with Gasteiger partial charge in [0.2, 0.25) is 0 Å². The number of aromatic amines is 1. The lowest BCUT2D eigenvalue weighted by atomic mass is 10.2. The van der Waals surface area contributed by atoms with E-state index in [2.05, 4.69) is 15.4 Å². The van der Waals surface area contributed by atoms with Crippen molar-refractivity contribution in [2.75, 3.05) is 5.32 Å². The number of hydrogen-bond donors (Lipinski definition) is 2. The fourth-order valence-corrected chi connectivity index (χ4v) is 2.20. The number of amides is 1. The lowest BCUT2D eigenvalue weighted by Crippen LogP contribution is -2.16. The van der Waals surface area contributed by atoms with Crippen molar-refractivity contribution >= 4 is 22.5 Å². The number of carbonyl (C=O) groups excluding carboxylic acids is 1. The second-order valence-corrected chi connectivity index (χ2v) is 5.35. The first kappa shape index (κ1) is 14.1. The minimum Gasteiger partial charge on any atom is -0.350 e. The third-order valence-electron chi connectivity index (χ3n) is 3.37. The van der Waals surface area contributed by atoms with E-state index in [4.69, 9.17) is 0 Å². The van der Waals surface area contributed by atoms with E-state index in [9.17, 15) is 9.59 Å². The average molecular weight is 296 g/mol. The SMILES string of the molecule is CC(C)n1cc(NC(=O)c2cc(=O)c3ccccc3[nH]2)cn1. The van der Waals surface area contributed by atoms with Crippen molar-refractivity contribution in [3.63, 3.8) is 0 Å². The molecule has 2 aromatic heterocycles. The van der Waals surface area contributed by atoms with Crippen LogP contribution in [0, 0.1) is 0 Å². The van der Waals surface area contributed by atoms with Gasteiger partial charge in [-0.3, -0.25) is 14.3 Å². The molecule has 2 heterocycles. The Hall–Kier alpha value is -2.89. The molecule has 2 N–H and O–H groups in total. The van der Waals surface area contributed by atoms with Crippen molar-refractivity contribution in [1.29, 1.82) is 0 Å². The Morgan fingerprint density at radius 1 is 1.32 bits per heavy atom. The number of para-hydroxylation sites is 1. The molecule has 0 unspecified atom stereocenters. The van der Waals surface area contributed by atoms with Crippen molar-refractivity contribution in [3.05, 3.63) is 58.6 Å². The van der Waals surface area contributed by atoms with Gasteiger partial charge in [-0.1, -0.05) is 12.1 Å². The minimum absolute atomic E-state index is 0.183. The third kappa shape index (κ3) is 2.63. The van der Waals surface area contributed by atoms with Crippen LogP contribution in [-0.4, -0.2) is 20.7 Å². The summed E-state index contributed by atoms with van der Waals surface area (Å²) in [6.45, 7) is 4.00. The van der Waals surface area contributed by atoms with Crippen LogP contribution in [0.15, 0.2) is 47.5 Å². The molecule has 0 bridgehead atoms. The Morgan fingerprint density at radius 2 is 2.09 bits per heavy atom. The molecular weight excluding hydrogens is 280 g/mol. The highest BCUT2D eigenvalue weighted by molar-refractivity contribution is 6.03. The first-order valence-corrected chi connectivity index (χ1v) is 7.02. The maximum Gasteiger partial charge on any atom is 0.272 e. The van der Waals surface area contributed by atoms with Gasteiger partial charge in [0.15, 0.2) is 5.43 Å². The van der Waals surface area contributed by atoms with E-state index in [0.29, 0.717) is 16.6 Å². The Balaban J connectivity index is 1.90. The van der Waals surface area contributed by atoms with E-state index in [1.54, 1.807) is 35.3 Å². The summed E-state index contributed by atoms with van der Waals surface area (Å²) in [5.74, 6) is -0.369. The molecule has 0 aliphatic heterocycles. The zero-order chi connectivity index (χ0) is 15.7. The van der Waals surface area contributed by atoms with Crippen LogP contribution < -0.4 is 10.7 Å². The Morgan fingerprint density at radius 3 is 2.82 bits per heavy atom. The van der Waals surface area contributed by atoms with E-state index < -0.39 is 0 Å². The van der Waals surface area contributed by atoms with Crippen LogP contribution in [0.3, 0.4) is 0 Å². The number of benzene rings is 1. The molecule has 6 nitrogen and oxygen atoms in total. The molecule has 0 radical (unpaired) electrons. The molecule has 1 aromatic carbocycles. The Labute approximate surface area is 126 Å². The van der Waals surface area contributed by atoms with Crippen molar-refractivity contribution < 1.29 is 4.79 Å². The predicted molar refractivity (Wildman–Crippen MR) is 85.1 cm³/mol. The molecule has 0 saturated heterocycles. The van der Waals surface area contributed by atoms with Crippen molar-refractivity contribution in [3.8, 4) is 0 Å². The van der Waals surface area contributed by atoms with Crippen molar-refractivity contribution in [1.82, 2.24) is 14.8 Å². The third-order valence-corrected chi connectivity index (χ3v) is 3.37. The molecule has 0 fully saturated rings. The first-order valence-electron chi connectivity index (χ1n) is 7.02. The fraction of sp³-hybridized carbons (Fsp3) is 0.188. The molecule has 0 atom stereocenters. The van der Waals surface area contributed by atoms with Gasteiger partial charge < -0.3 is 10.3 Å². The number of nitrogens with one attached hydrogen (secondary N) is 2. The fourth-order valence-electron chi connectivity index (χ4n) is 2.20. The summed E-state index contributed by atoms with van der Waals surface area (Å²) in [4.78, 5) is 27.3. The smallest absolute Gasteiger partial charge is 0.272 e. The van der Waals surface area contributed by atoms with Gasteiger partial charge in [-0.05, 0) is 26.0 Å². The van der Waals surface area contributed by atoms with Crippen LogP contribution in [0.4, 0.5) is 5.69 Å². The van der Waals surface area contributed by atoms with Gasteiger partial charge in [-0.2, -0.15) is 5.10 Å². The topological polar surface area (TPSA) is 79.8 Å². The molecule has 6 heteroatoms. The monoisotopic (exact) mass is 296 g/mol. The van der Waals surface area contributed by atoms with E-state index in [1.165, 1.54) is 6.07 Å². The first-order chi connectivity index (χ1) is 10.5. The number of fused-ring (bicyclic) bond motifs is 1. The normalized spacial score (nSPS) is 11.0. The molecule has 112 valence electrons. The van der Waals surface area contributed by atoms with Crippen LogP contribution >= 0.6 is 0 Å². The highest BCUT2D eigenvalue weighted by Gasteiger charge is 2.11. The van der Waals surface area contributed by atoms with Gasteiger partial charge in [0.1, 0.15) is 5.69 Å². The number of hydrogen-bond acceptors (Lipinski definition) is 3. The second kappa shape index (κ2) is 5.48. The van der Waals surface area contributed by atoms with Gasteiger partial charge in [0.05, 0.1) is 11.9 Å². The number of aromatic nitrogens is 3. The molecule has 0 aliphatic rings. The summed E-state index contributed by atoms with van der Waals surface area (Å²) in [5.41, 5.74) is 1.27. The molecule has 22 heavy (non-hydrogen) atoms. The van der Waals surface area contributed by atoms with Crippen molar-refractivity contribution in [2.45, 2.75) is 19.9 Å². The van der Waals surface area contributed by atoms with Crippen LogP contribution in [0.1, 0.15) is 30.4 Å². The van der Waals surface area contributed by atoms with E-state index in [1.807, 2.05) is 19.9 Å². The largest absolute Gasteiger partial charge is 0.350 e. The van der Waals surface area contributed by atoms with E-state index in [-0.39, 0.29) is 23.1 Å². The number of pyridine rings is 1. The quantitative estimate of drug-likeness (QED) is 0.779. The predicted octanol–water partition coefficient (Wildman–Crippen LogP) is 2.56. The standard InChI is InChI=1S/C16H16N4O2/c1-10(2)20-9-11(8-17-20)18-16(22)14-7-15(21)12-5-3-4-6-13(12)19-14/h3-10H,1-2H3,(H,18,22)(H,19,21). The number of anilines is 1. The van der Waals surface area contributed by atoms with Gasteiger partial charge in [-0.15, -0.1) is 0 Å². The second-order valence-electron chi connectivity index (χ2n) is 5.35. The summed E-state index contributed by atoms with van der Waals surface area (Å²) in [6, 6.07) is 8.62. The summed E-state index contributed by atoms with van der Waals surface area (Å²) in [5, 5.41) is 7.45. The van der Waals surface area contributed by atoms with Crippen LogP contribution in [0.25, 0.3) is 10.9 Å². The molecule has 0 saturated carbocycles.